The van der Waals surface area contributed by atoms with Gasteiger partial charge in [0.25, 0.3) is 0 Å². The Bertz CT molecular complexity index is 536. The third-order valence-corrected chi connectivity index (χ3v) is 4.01. The minimum atomic E-state index is 0.556. The molecule has 0 saturated heterocycles. The first kappa shape index (κ1) is 16.0. The minimum absolute atomic E-state index is 0.556. The summed E-state index contributed by atoms with van der Waals surface area (Å²) >= 11 is 0. The van der Waals surface area contributed by atoms with E-state index in [9.17, 15) is 0 Å². The van der Waals surface area contributed by atoms with E-state index in [1.54, 1.807) is 0 Å². The molecular weight excluding hydrogens is 256 g/mol. The van der Waals surface area contributed by atoms with Crippen molar-refractivity contribution in [3.05, 3.63) is 42.1 Å². The van der Waals surface area contributed by atoms with Crippen LogP contribution in [0.5, 0.6) is 0 Å². The van der Waals surface area contributed by atoms with Gasteiger partial charge in [0.15, 0.2) is 0 Å². The minimum Gasteiger partial charge on any atom is -0.314 e. The highest BCUT2D eigenvalue weighted by Gasteiger charge is 2.09. The summed E-state index contributed by atoms with van der Waals surface area (Å²) in [6.07, 6.45) is 7.61. The van der Waals surface area contributed by atoms with Crippen molar-refractivity contribution >= 4 is 10.9 Å². The predicted octanol–water partition coefficient (Wildman–Crippen LogP) is 4.73. The van der Waals surface area contributed by atoms with Crippen LogP contribution in [0.4, 0.5) is 0 Å². The second-order valence-electron chi connectivity index (χ2n) is 5.80. The number of pyridine rings is 1. The average molecular weight is 284 g/mol. The first-order chi connectivity index (χ1) is 10.3. The van der Waals surface area contributed by atoms with Crippen molar-refractivity contribution in [2.45, 2.75) is 58.4 Å². The number of unbranched alkanes of at least 4 members (excludes halogenated alkanes) is 3. The van der Waals surface area contributed by atoms with Crippen LogP contribution in [0.1, 0.15) is 51.6 Å². The fourth-order valence-electron chi connectivity index (χ4n) is 2.86. The number of likely N-dealkylation sites (N-methyl/N-ethyl adjacent to an activating group) is 1. The van der Waals surface area contributed by atoms with Gasteiger partial charge in [0.2, 0.25) is 0 Å². The van der Waals surface area contributed by atoms with Crippen molar-refractivity contribution in [1.29, 1.82) is 0 Å². The smallest absolute Gasteiger partial charge is 0.0705 e. The molecule has 1 aromatic heterocycles. The fourth-order valence-corrected chi connectivity index (χ4v) is 2.86. The largest absolute Gasteiger partial charge is 0.314 e. The van der Waals surface area contributed by atoms with Gasteiger partial charge < -0.3 is 5.32 Å². The molecule has 0 aliphatic heterocycles. The van der Waals surface area contributed by atoms with Crippen LogP contribution in [0.25, 0.3) is 10.9 Å². The van der Waals surface area contributed by atoms with Crippen molar-refractivity contribution in [2.75, 3.05) is 6.54 Å². The highest BCUT2D eigenvalue weighted by atomic mass is 14.9. The third kappa shape index (κ3) is 5.13. The molecule has 1 heterocycles. The zero-order valence-electron chi connectivity index (χ0n) is 13.4. The summed E-state index contributed by atoms with van der Waals surface area (Å²) in [5.74, 6) is 0. The van der Waals surface area contributed by atoms with Crippen LogP contribution in [-0.4, -0.2) is 17.6 Å². The number of nitrogens with zero attached hydrogens (tertiary/aromatic N) is 1. The summed E-state index contributed by atoms with van der Waals surface area (Å²) in [5, 5.41) is 4.84. The molecule has 0 amide bonds. The summed E-state index contributed by atoms with van der Waals surface area (Å²) in [6, 6.07) is 13.3. The number of nitrogens with one attached hydrogen (secondary N) is 1. The average Bonchev–Trinajstić information content (AvgIpc) is 2.51. The van der Waals surface area contributed by atoms with Crippen molar-refractivity contribution in [3.8, 4) is 0 Å². The van der Waals surface area contributed by atoms with E-state index >= 15 is 0 Å². The van der Waals surface area contributed by atoms with Crippen LogP contribution in [0.3, 0.4) is 0 Å². The van der Waals surface area contributed by atoms with Gasteiger partial charge in [0.1, 0.15) is 0 Å². The molecule has 1 unspecified atom stereocenters. The van der Waals surface area contributed by atoms with E-state index < -0.39 is 0 Å². The monoisotopic (exact) mass is 284 g/mol. The molecule has 0 spiro atoms. The molecule has 0 radical (unpaired) electrons. The quantitative estimate of drug-likeness (QED) is 0.674. The van der Waals surface area contributed by atoms with Crippen molar-refractivity contribution in [2.24, 2.45) is 0 Å². The summed E-state index contributed by atoms with van der Waals surface area (Å²) in [4.78, 5) is 4.80. The first-order valence-electron chi connectivity index (χ1n) is 8.41. The van der Waals surface area contributed by atoms with E-state index in [-0.39, 0.29) is 0 Å². The van der Waals surface area contributed by atoms with Crippen LogP contribution in [0.2, 0.25) is 0 Å². The van der Waals surface area contributed by atoms with E-state index in [1.165, 1.54) is 43.2 Å². The second kappa shape index (κ2) is 8.78. The number of fused-ring (bicyclic) bond motifs is 1. The van der Waals surface area contributed by atoms with E-state index in [4.69, 9.17) is 4.98 Å². The maximum Gasteiger partial charge on any atom is 0.0705 e. The molecule has 21 heavy (non-hydrogen) atoms. The van der Waals surface area contributed by atoms with Gasteiger partial charge >= 0.3 is 0 Å². The molecule has 1 aromatic carbocycles. The molecule has 0 fully saturated rings. The Morgan fingerprint density at radius 1 is 1.00 bits per heavy atom. The summed E-state index contributed by atoms with van der Waals surface area (Å²) < 4.78 is 0. The normalized spacial score (nSPS) is 12.7. The van der Waals surface area contributed by atoms with Crippen LogP contribution in [0, 0.1) is 0 Å². The number of hydrogen-bond acceptors (Lipinski definition) is 2. The molecule has 2 rings (SSSR count). The van der Waals surface area contributed by atoms with Gasteiger partial charge in [-0.15, -0.1) is 0 Å². The molecule has 114 valence electrons. The third-order valence-electron chi connectivity index (χ3n) is 4.01. The molecule has 0 aliphatic carbocycles. The van der Waals surface area contributed by atoms with Gasteiger partial charge in [-0.25, -0.2) is 0 Å². The molecule has 0 bridgehead atoms. The molecular formula is C19H28N2. The van der Waals surface area contributed by atoms with Crippen molar-refractivity contribution in [3.63, 3.8) is 0 Å². The van der Waals surface area contributed by atoms with Gasteiger partial charge in [-0.1, -0.05) is 63.8 Å². The number of rotatable bonds is 9. The van der Waals surface area contributed by atoms with E-state index in [1.807, 2.05) is 0 Å². The Balaban J connectivity index is 1.96. The predicted molar refractivity (Wildman–Crippen MR) is 91.7 cm³/mol. The van der Waals surface area contributed by atoms with Gasteiger partial charge in [-0.3, -0.25) is 4.98 Å². The topological polar surface area (TPSA) is 24.9 Å². The molecule has 2 nitrogen and oxygen atoms in total. The molecule has 1 atom stereocenters. The maximum absolute atomic E-state index is 4.80. The Hall–Kier alpha value is -1.41. The lowest BCUT2D eigenvalue weighted by molar-refractivity contribution is 0.460. The van der Waals surface area contributed by atoms with Gasteiger partial charge in [0.05, 0.1) is 5.52 Å². The van der Waals surface area contributed by atoms with Crippen molar-refractivity contribution < 1.29 is 0 Å². The lowest BCUT2D eigenvalue weighted by atomic mass is 10.0. The van der Waals surface area contributed by atoms with Gasteiger partial charge in [-0.05, 0) is 25.1 Å². The van der Waals surface area contributed by atoms with E-state index in [0.29, 0.717) is 6.04 Å². The number of para-hydroxylation sites is 1. The number of benzene rings is 1. The number of aromatic nitrogens is 1. The molecule has 2 aromatic rings. The molecule has 2 heteroatoms. The molecule has 0 aliphatic rings. The maximum atomic E-state index is 4.80. The molecule has 1 N–H and O–H groups in total. The number of hydrogen-bond donors (Lipinski definition) is 1. The zero-order valence-corrected chi connectivity index (χ0v) is 13.4. The summed E-state index contributed by atoms with van der Waals surface area (Å²) in [5.41, 5.74) is 2.31. The molecule has 0 saturated carbocycles. The fraction of sp³-hybridized carbons (Fsp3) is 0.526. The Kier molecular flexibility index (Phi) is 6.68. The van der Waals surface area contributed by atoms with E-state index in [0.717, 1.165) is 18.5 Å². The van der Waals surface area contributed by atoms with Gasteiger partial charge in [0, 0.05) is 23.5 Å². The van der Waals surface area contributed by atoms with E-state index in [2.05, 4.69) is 55.6 Å². The van der Waals surface area contributed by atoms with Crippen LogP contribution < -0.4 is 5.32 Å². The summed E-state index contributed by atoms with van der Waals surface area (Å²) in [6.45, 7) is 5.49. The Morgan fingerprint density at radius 2 is 1.86 bits per heavy atom. The highest BCUT2D eigenvalue weighted by Crippen LogP contribution is 2.14. The Morgan fingerprint density at radius 3 is 2.67 bits per heavy atom. The summed E-state index contributed by atoms with van der Waals surface area (Å²) in [7, 11) is 0. The van der Waals surface area contributed by atoms with Crippen LogP contribution >= 0.6 is 0 Å². The first-order valence-corrected chi connectivity index (χ1v) is 8.41. The van der Waals surface area contributed by atoms with Crippen LogP contribution in [-0.2, 0) is 6.42 Å². The lowest BCUT2D eigenvalue weighted by Crippen LogP contribution is -2.31. The van der Waals surface area contributed by atoms with Crippen LogP contribution in [0.15, 0.2) is 36.4 Å². The Labute approximate surface area is 129 Å². The van der Waals surface area contributed by atoms with Crippen molar-refractivity contribution in [1.82, 2.24) is 10.3 Å². The lowest BCUT2D eigenvalue weighted by Gasteiger charge is -2.17. The zero-order chi connectivity index (χ0) is 14.9. The highest BCUT2D eigenvalue weighted by molar-refractivity contribution is 5.78. The van der Waals surface area contributed by atoms with Gasteiger partial charge in [-0.2, -0.15) is 0 Å². The SMILES string of the molecule is CCCCCCC(Cc1ccc2ccccc2n1)NCC. The second-order valence-corrected chi connectivity index (χ2v) is 5.80. The standard InChI is InChI=1S/C19H28N2/c1-3-5-6-7-11-17(20-4-2)15-18-14-13-16-10-8-9-12-19(16)21-18/h8-10,12-14,17,20H,3-7,11,15H2,1-2H3.